The normalized spacial score (nSPS) is 11.1. The van der Waals surface area contributed by atoms with Crippen molar-refractivity contribution in [3.8, 4) is 0 Å². The second kappa shape index (κ2) is 5.65. The summed E-state index contributed by atoms with van der Waals surface area (Å²) in [5.41, 5.74) is 4.56. The fourth-order valence-corrected chi connectivity index (χ4v) is 2.42. The third kappa shape index (κ3) is 2.84. The van der Waals surface area contributed by atoms with Crippen molar-refractivity contribution in [2.24, 2.45) is 0 Å². The quantitative estimate of drug-likeness (QED) is 0.765. The van der Waals surface area contributed by atoms with Crippen molar-refractivity contribution >= 4 is 22.5 Å². The van der Waals surface area contributed by atoms with Gasteiger partial charge in [0, 0.05) is 47.1 Å². The number of halogens is 1. The molecule has 3 nitrogen and oxygen atoms in total. The number of benzene rings is 1. The zero-order chi connectivity index (χ0) is 13.9. The lowest BCUT2D eigenvalue weighted by Crippen LogP contribution is -2.12. The largest absolute Gasteiger partial charge is 0.361 e. The van der Waals surface area contributed by atoms with E-state index in [0.29, 0.717) is 0 Å². The van der Waals surface area contributed by atoms with Gasteiger partial charge in [0.1, 0.15) is 0 Å². The van der Waals surface area contributed by atoms with Crippen molar-refractivity contribution in [3.05, 3.63) is 64.6 Å². The fourth-order valence-electron chi connectivity index (χ4n) is 2.25. The Hall–Kier alpha value is -1.84. The molecule has 0 unspecified atom stereocenters. The number of H-pyrrole nitrogens is 1. The zero-order valence-corrected chi connectivity index (χ0v) is 12.0. The Morgan fingerprint density at radius 3 is 2.90 bits per heavy atom. The summed E-state index contributed by atoms with van der Waals surface area (Å²) >= 11 is 5.98. The highest BCUT2D eigenvalue weighted by Crippen LogP contribution is 2.21. The third-order valence-electron chi connectivity index (χ3n) is 3.35. The van der Waals surface area contributed by atoms with Gasteiger partial charge in [-0.3, -0.25) is 4.98 Å². The van der Waals surface area contributed by atoms with Crippen LogP contribution >= 0.6 is 11.6 Å². The molecule has 0 aliphatic heterocycles. The number of nitrogens with zero attached hydrogens (tertiary/aromatic N) is 1. The second-order valence-electron chi connectivity index (χ2n) is 4.92. The van der Waals surface area contributed by atoms with Crippen LogP contribution in [0.15, 0.2) is 42.7 Å². The first-order valence-electron chi connectivity index (χ1n) is 6.60. The molecule has 0 saturated heterocycles. The van der Waals surface area contributed by atoms with Crippen LogP contribution < -0.4 is 5.32 Å². The van der Waals surface area contributed by atoms with E-state index in [4.69, 9.17) is 11.6 Å². The minimum Gasteiger partial charge on any atom is -0.361 e. The van der Waals surface area contributed by atoms with Crippen LogP contribution in [-0.2, 0) is 13.1 Å². The first-order valence-corrected chi connectivity index (χ1v) is 6.98. The van der Waals surface area contributed by atoms with E-state index in [2.05, 4.69) is 27.4 Å². The molecule has 0 fully saturated rings. The van der Waals surface area contributed by atoms with Gasteiger partial charge in [0.15, 0.2) is 0 Å². The Kier molecular flexibility index (Phi) is 3.72. The summed E-state index contributed by atoms with van der Waals surface area (Å²) in [7, 11) is 0. The third-order valence-corrected chi connectivity index (χ3v) is 3.58. The lowest BCUT2D eigenvalue weighted by Gasteiger charge is -2.04. The van der Waals surface area contributed by atoms with Crippen LogP contribution in [0.25, 0.3) is 10.9 Å². The van der Waals surface area contributed by atoms with Crippen molar-refractivity contribution in [1.82, 2.24) is 15.3 Å². The van der Waals surface area contributed by atoms with Gasteiger partial charge in [-0.15, -0.1) is 0 Å². The first kappa shape index (κ1) is 13.2. The van der Waals surface area contributed by atoms with Gasteiger partial charge < -0.3 is 10.3 Å². The first-order chi connectivity index (χ1) is 9.72. The molecule has 2 N–H and O–H groups in total. The van der Waals surface area contributed by atoms with Gasteiger partial charge in [-0.05, 0) is 36.2 Å². The van der Waals surface area contributed by atoms with Crippen molar-refractivity contribution in [1.29, 1.82) is 0 Å². The Bertz CT molecular complexity index is 716. The molecule has 1 aromatic carbocycles. The van der Waals surface area contributed by atoms with Gasteiger partial charge in [-0.2, -0.15) is 0 Å². The highest BCUT2D eigenvalue weighted by molar-refractivity contribution is 6.31. The van der Waals surface area contributed by atoms with Crippen LogP contribution in [-0.4, -0.2) is 9.97 Å². The minimum atomic E-state index is 0.754. The molecule has 102 valence electrons. The van der Waals surface area contributed by atoms with Gasteiger partial charge in [0.05, 0.1) is 0 Å². The summed E-state index contributed by atoms with van der Waals surface area (Å²) in [6.45, 7) is 3.62. The van der Waals surface area contributed by atoms with Crippen molar-refractivity contribution < 1.29 is 0 Å². The Balaban J connectivity index is 1.66. The maximum atomic E-state index is 5.98. The number of aromatic nitrogens is 2. The van der Waals surface area contributed by atoms with E-state index in [-0.39, 0.29) is 0 Å². The molecule has 2 heterocycles. The number of fused-ring (bicyclic) bond motifs is 1. The van der Waals surface area contributed by atoms with Crippen molar-refractivity contribution in [2.45, 2.75) is 20.0 Å². The van der Waals surface area contributed by atoms with Crippen LogP contribution in [0.1, 0.15) is 16.8 Å². The summed E-state index contributed by atoms with van der Waals surface area (Å²) < 4.78 is 0. The van der Waals surface area contributed by atoms with E-state index in [9.17, 15) is 0 Å². The van der Waals surface area contributed by atoms with E-state index < -0.39 is 0 Å². The predicted molar refractivity (Wildman–Crippen MR) is 82.8 cm³/mol. The molecule has 4 heteroatoms. The van der Waals surface area contributed by atoms with Crippen molar-refractivity contribution in [3.63, 3.8) is 0 Å². The van der Waals surface area contributed by atoms with E-state index >= 15 is 0 Å². The maximum absolute atomic E-state index is 5.98. The molecule has 0 saturated carbocycles. The number of nitrogens with one attached hydrogen (secondary N) is 2. The summed E-state index contributed by atoms with van der Waals surface area (Å²) in [5, 5.41) is 5.40. The van der Waals surface area contributed by atoms with Gasteiger partial charge >= 0.3 is 0 Å². The molecule has 3 aromatic rings. The van der Waals surface area contributed by atoms with Crippen molar-refractivity contribution in [2.75, 3.05) is 0 Å². The molecule has 0 spiro atoms. The summed E-state index contributed by atoms with van der Waals surface area (Å²) in [6, 6.07) is 10.1. The molecule has 0 atom stereocenters. The van der Waals surface area contributed by atoms with Gasteiger partial charge in [0.25, 0.3) is 0 Å². The monoisotopic (exact) mass is 285 g/mol. The minimum absolute atomic E-state index is 0.754. The lowest BCUT2D eigenvalue weighted by atomic mass is 10.1. The Labute approximate surface area is 123 Å². The van der Waals surface area contributed by atoms with E-state index in [0.717, 1.165) is 29.3 Å². The van der Waals surface area contributed by atoms with Gasteiger partial charge in [-0.25, -0.2) is 0 Å². The fraction of sp³-hybridized carbons (Fsp3) is 0.188. The lowest BCUT2D eigenvalue weighted by molar-refractivity contribution is 0.694. The summed E-state index contributed by atoms with van der Waals surface area (Å²) in [6.07, 6.45) is 3.94. The molecule has 20 heavy (non-hydrogen) atoms. The van der Waals surface area contributed by atoms with Crippen LogP contribution in [0.4, 0.5) is 0 Å². The van der Waals surface area contributed by atoms with E-state index in [1.54, 1.807) is 0 Å². The summed E-state index contributed by atoms with van der Waals surface area (Å²) in [4.78, 5) is 7.54. The average molecular weight is 286 g/mol. The summed E-state index contributed by atoms with van der Waals surface area (Å²) in [5.74, 6) is 0. The second-order valence-corrected chi connectivity index (χ2v) is 5.35. The van der Waals surface area contributed by atoms with Gasteiger partial charge in [-0.1, -0.05) is 23.7 Å². The average Bonchev–Trinajstić information content (AvgIpc) is 2.83. The molecule has 0 aliphatic rings. The number of hydrogen-bond acceptors (Lipinski definition) is 2. The zero-order valence-electron chi connectivity index (χ0n) is 11.3. The number of aryl methyl sites for hydroxylation is 1. The molecular formula is C16H16ClN3. The SMILES string of the molecule is Cc1ccc(CNCc2c[nH]c3cc(Cl)ccc23)cn1. The molecule has 0 radical (unpaired) electrons. The van der Waals surface area contributed by atoms with E-state index in [1.807, 2.05) is 37.5 Å². The standard InChI is InChI=1S/C16H16ClN3/c1-11-2-3-12(8-19-11)7-18-9-13-10-20-16-6-14(17)4-5-15(13)16/h2-6,8,10,18,20H,7,9H2,1H3. The van der Waals surface area contributed by atoms with Gasteiger partial charge in [0.2, 0.25) is 0 Å². The number of hydrogen-bond donors (Lipinski definition) is 2. The number of pyridine rings is 1. The van der Waals surface area contributed by atoms with Crippen LogP contribution in [0.3, 0.4) is 0 Å². The smallest absolute Gasteiger partial charge is 0.0472 e. The molecular weight excluding hydrogens is 270 g/mol. The topological polar surface area (TPSA) is 40.7 Å². The van der Waals surface area contributed by atoms with Crippen LogP contribution in [0.2, 0.25) is 5.02 Å². The van der Waals surface area contributed by atoms with Crippen LogP contribution in [0, 0.1) is 6.92 Å². The molecule has 0 aliphatic carbocycles. The predicted octanol–water partition coefficient (Wildman–Crippen LogP) is 3.81. The Morgan fingerprint density at radius 1 is 1.20 bits per heavy atom. The number of aromatic amines is 1. The van der Waals surface area contributed by atoms with E-state index in [1.165, 1.54) is 16.5 Å². The molecule has 0 bridgehead atoms. The molecule has 3 rings (SSSR count). The highest BCUT2D eigenvalue weighted by atomic mass is 35.5. The Morgan fingerprint density at radius 2 is 2.10 bits per heavy atom. The highest BCUT2D eigenvalue weighted by Gasteiger charge is 2.03. The number of rotatable bonds is 4. The van der Waals surface area contributed by atoms with Crippen LogP contribution in [0.5, 0.6) is 0 Å². The molecule has 0 amide bonds. The molecule has 2 aromatic heterocycles. The maximum Gasteiger partial charge on any atom is 0.0472 e.